The van der Waals surface area contributed by atoms with Crippen molar-refractivity contribution in [1.82, 2.24) is 0 Å². The van der Waals surface area contributed by atoms with Crippen LogP contribution in [0, 0.1) is 0 Å². The zero-order valence-electron chi connectivity index (χ0n) is 12.9. The Hall–Kier alpha value is -1.39. The van der Waals surface area contributed by atoms with Crippen LogP contribution in [0.4, 0.5) is 0 Å². The maximum absolute atomic E-state index is 12.3. The van der Waals surface area contributed by atoms with Gasteiger partial charge in [-0.05, 0) is 31.4 Å². The van der Waals surface area contributed by atoms with Gasteiger partial charge < -0.3 is 14.2 Å². The number of carbonyl (C=O) groups is 1. The first kappa shape index (κ1) is 16.0. The first-order chi connectivity index (χ1) is 10.2. The fourth-order valence-electron chi connectivity index (χ4n) is 2.55. The monoisotopic (exact) mass is 292 g/mol. The van der Waals surface area contributed by atoms with E-state index in [0.717, 1.165) is 18.4 Å². The van der Waals surface area contributed by atoms with Crippen LogP contribution in [0.15, 0.2) is 24.3 Å². The third-order valence-corrected chi connectivity index (χ3v) is 3.61. The van der Waals surface area contributed by atoms with Gasteiger partial charge in [0.25, 0.3) is 5.79 Å². The molecular formula is C17H24O4. The number of hydrogen-bond donors (Lipinski definition) is 0. The second kappa shape index (κ2) is 7.57. The van der Waals surface area contributed by atoms with Crippen molar-refractivity contribution < 1.29 is 19.0 Å². The van der Waals surface area contributed by atoms with Crippen molar-refractivity contribution in [3.63, 3.8) is 0 Å². The molecule has 1 aliphatic rings. The summed E-state index contributed by atoms with van der Waals surface area (Å²) >= 11 is 0. The van der Waals surface area contributed by atoms with Crippen molar-refractivity contribution in [2.75, 3.05) is 19.8 Å². The van der Waals surface area contributed by atoms with E-state index in [-0.39, 0.29) is 0 Å². The number of hydrogen-bond acceptors (Lipinski definition) is 4. The summed E-state index contributed by atoms with van der Waals surface area (Å²) in [6, 6.07) is 7.89. The highest BCUT2D eigenvalue weighted by Crippen LogP contribution is 2.33. The minimum atomic E-state index is -1.38. The van der Waals surface area contributed by atoms with Crippen molar-refractivity contribution in [1.29, 1.82) is 0 Å². The number of carbonyl (C=O) groups excluding carboxylic acids is 1. The average Bonchev–Trinajstić information content (AvgIpc) is 2.99. The van der Waals surface area contributed by atoms with Gasteiger partial charge in [-0.3, -0.25) is 0 Å². The molecule has 2 rings (SSSR count). The van der Waals surface area contributed by atoms with Gasteiger partial charge in [0.2, 0.25) is 0 Å². The van der Waals surface area contributed by atoms with Crippen LogP contribution in [-0.2, 0) is 31.2 Å². The van der Waals surface area contributed by atoms with Gasteiger partial charge in [0, 0.05) is 5.56 Å². The molecule has 0 bridgehead atoms. The highest BCUT2D eigenvalue weighted by molar-refractivity contribution is 5.80. The summed E-state index contributed by atoms with van der Waals surface area (Å²) in [6.45, 7) is 5.08. The molecule has 1 heterocycles. The van der Waals surface area contributed by atoms with Gasteiger partial charge in [0.1, 0.15) is 0 Å². The molecule has 0 spiro atoms. The fourth-order valence-corrected chi connectivity index (χ4v) is 2.55. The molecule has 0 aliphatic carbocycles. The highest BCUT2D eigenvalue weighted by atomic mass is 16.8. The topological polar surface area (TPSA) is 44.8 Å². The van der Waals surface area contributed by atoms with Crippen LogP contribution in [0.1, 0.15) is 44.2 Å². The zero-order valence-corrected chi connectivity index (χ0v) is 12.9. The summed E-state index contributed by atoms with van der Waals surface area (Å²) in [5, 5.41) is 0. The number of rotatable bonds is 7. The number of esters is 1. The van der Waals surface area contributed by atoms with Crippen LogP contribution in [0.3, 0.4) is 0 Å². The third-order valence-electron chi connectivity index (χ3n) is 3.61. The van der Waals surface area contributed by atoms with E-state index in [9.17, 15) is 4.79 Å². The summed E-state index contributed by atoms with van der Waals surface area (Å²) < 4.78 is 16.4. The Morgan fingerprint density at radius 3 is 2.67 bits per heavy atom. The molecule has 0 aromatic heterocycles. The van der Waals surface area contributed by atoms with E-state index in [1.807, 2.05) is 18.2 Å². The van der Waals surface area contributed by atoms with Gasteiger partial charge in [-0.15, -0.1) is 0 Å². The van der Waals surface area contributed by atoms with Gasteiger partial charge in [-0.25, -0.2) is 4.79 Å². The number of ether oxygens (including phenoxy) is 3. The van der Waals surface area contributed by atoms with Gasteiger partial charge in [-0.1, -0.05) is 38.0 Å². The molecule has 0 unspecified atom stereocenters. The SMILES string of the molecule is CCCCCc1cccc(C2(C(=O)OCC)OCCO2)c1. The maximum Gasteiger partial charge on any atom is 0.372 e. The van der Waals surface area contributed by atoms with E-state index in [1.54, 1.807) is 6.92 Å². The second-order valence-corrected chi connectivity index (χ2v) is 5.19. The van der Waals surface area contributed by atoms with Gasteiger partial charge in [0.15, 0.2) is 0 Å². The lowest BCUT2D eigenvalue weighted by Gasteiger charge is -2.25. The maximum atomic E-state index is 12.3. The lowest BCUT2D eigenvalue weighted by molar-refractivity contribution is -0.211. The van der Waals surface area contributed by atoms with Crippen LogP contribution in [0.25, 0.3) is 0 Å². The van der Waals surface area contributed by atoms with Crippen LogP contribution in [-0.4, -0.2) is 25.8 Å². The van der Waals surface area contributed by atoms with Crippen LogP contribution >= 0.6 is 0 Å². The summed E-state index contributed by atoms with van der Waals surface area (Å²) in [5.74, 6) is -1.84. The molecule has 116 valence electrons. The smallest absolute Gasteiger partial charge is 0.372 e. The second-order valence-electron chi connectivity index (χ2n) is 5.19. The quantitative estimate of drug-likeness (QED) is 0.572. The predicted molar refractivity (Wildman–Crippen MR) is 79.9 cm³/mol. The van der Waals surface area contributed by atoms with Gasteiger partial charge >= 0.3 is 5.97 Å². The molecule has 4 heteroatoms. The minimum absolute atomic E-state index is 0.309. The molecule has 0 amide bonds. The lowest BCUT2D eigenvalue weighted by Crippen LogP contribution is -2.38. The summed E-state index contributed by atoms with van der Waals surface area (Å²) in [7, 11) is 0. The molecule has 0 radical (unpaired) electrons. The van der Waals surface area contributed by atoms with E-state index < -0.39 is 11.8 Å². The van der Waals surface area contributed by atoms with E-state index in [2.05, 4.69) is 13.0 Å². The molecule has 1 aromatic carbocycles. The molecule has 0 saturated carbocycles. The molecular weight excluding hydrogens is 268 g/mol. The average molecular weight is 292 g/mol. The van der Waals surface area contributed by atoms with E-state index in [1.165, 1.54) is 18.4 Å². The molecule has 0 atom stereocenters. The van der Waals surface area contributed by atoms with Crippen LogP contribution in [0.5, 0.6) is 0 Å². The standard InChI is InChI=1S/C17H24O4/c1-3-5-6-8-14-9-7-10-15(13-14)17(16(18)19-4-2)20-11-12-21-17/h7,9-10,13H,3-6,8,11-12H2,1-2H3. The Morgan fingerprint density at radius 1 is 1.24 bits per heavy atom. The third kappa shape index (κ3) is 3.63. The van der Waals surface area contributed by atoms with Crippen LogP contribution in [0.2, 0.25) is 0 Å². The largest absolute Gasteiger partial charge is 0.462 e. The molecule has 1 saturated heterocycles. The number of benzene rings is 1. The van der Waals surface area contributed by atoms with Crippen molar-refractivity contribution >= 4 is 5.97 Å². The van der Waals surface area contributed by atoms with Crippen molar-refractivity contribution in [2.45, 2.75) is 45.3 Å². The Morgan fingerprint density at radius 2 is 2.00 bits per heavy atom. The normalized spacial score (nSPS) is 16.9. The fraction of sp³-hybridized carbons (Fsp3) is 0.588. The number of unbranched alkanes of at least 4 members (excludes halogenated alkanes) is 2. The van der Waals surface area contributed by atoms with Crippen molar-refractivity contribution in [3.8, 4) is 0 Å². The predicted octanol–water partition coefficient (Wildman–Crippen LogP) is 3.18. The summed E-state index contributed by atoms with van der Waals surface area (Å²) in [5.41, 5.74) is 1.93. The Bertz CT molecular complexity index is 464. The van der Waals surface area contributed by atoms with Crippen molar-refractivity contribution in [3.05, 3.63) is 35.4 Å². The molecule has 21 heavy (non-hydrogen) atoms. The Kier molecular flexibility index (Phi) is 5.76. The zero-order chi connectivity index (χ0) is 15.1. The summed E-state index contributed by atoms with van der Waals surface area (Å²) in [4.78, 5) is 12.3. The molecule has 1 aromatic rings. The van der Waals surface area contributed by atoms with E-state index >= 15 is 0 Å². The van der Waals surface area contributed by atoms with E-state index in [0.29, 0.717) is 19.8 Å². The number of aryl methyl sites for hydroxylation is 1. The minimum Gasteiger partial charge on any atom is -0.462 e. The van der Waals surface area contributed by atoms with Crippen LogP contribution < -0.4 is 0 Å². The highest BCUT2D eigenvalue weighted by Gasteiger charge is 2.48. The Balaban J connectivity index is 2.20. The molecule has 0 N–H and O–H groups in total. The first-order valence-corrected chi connectivity index (χ1v) is 7.77. The van der Waals surface area contributed by atoms with E-state index in [4.69, 9.17) is 14.2 Å². The Labute approximate surface area is 126 Å². The van der Waals surface area contributed by atoms with Gasteiger partial charge in [0.05, 0.1) is 19.8 Å². The molecule has 1 aliphatic heterocycles. The molecule has 4 nitrogen and oxygen atoms in total. The van der Waals surface area contributed by atoms with Crippen molar-refractivity contribution in [2.24, 2.45) is 0 Å². The first-order valence-electron chi connectivity index (χ1n) is 7.77. The molecule has 1 fully saturated rings. The summed E-state index contributed by atoms with van der Waals surface area (Å²) in [6.07, 6.45) is 4.55. The lowest BCUT2D eigenvalue weighted by atomic mass is 9.99. The van der Waals surface area contributed by atoms with Gasteiger partial charge in [-0.2, -0.15) is 0 Å².